The number of nitrogens with one attached hydrogen (secondary N) is 3. The molecule has 3 N–H and O–H groups in total. The lowest BCUT2D eigenvalue weighted by Gasteiger charge is -2.09. The van der Waals surface area contributed by atoms with Crippen molar-refractivity contribution in [1.29, 1.82) is 0 Å². The van der Waals surface area contributed by atoms with Crippen LogP contribution in [0.5, 0.6) is 0 Å². The fourth-order valence-corrected chi connectivity index (χ4v) is 6.54. The third-order valence-corrected chi connectivity index (χ3v) is 9.08. The van der Waals surface area contributed by atoms with Gasteiger partial charge in [-0.3, -0.25) is 0 Å². The van der Waals surface area contributed by atoms with Crippen molar-refractivity contribution in [2.45, 2.75) is 18.5 Å². The van der Waals surface area contributed by atoms with E-state index in [-0.39, 0.29) is 0 Å². The van der Waals surface area contributed by atoms with E-state index in [4.69, 9.17) is 4.98 Å². The first-order chi connectivity index (χ1) is 25.1. The third-order valence-electron chi connectivity index (χ3n) is 9.08. The Morgan fingerprint density at radius 1 is 0.321 bits per heavy atom. The molecular formula is C40H23F9N4. The average molecular weight is 731 g/mol. The maximum atomic E-state index is 13.6. The maximum Gasteiger partial charge on any atom is 0.416 e. The number of H-pyrrole nitrogens is 3. The number of nitrogens with zero attached hydrogens (tertiary/aromatic N) is 1. The molecule has 0 amide bonds. The first-order valence-electron chi connectivity index (χ1n) is 16.0. The van der Waals surface area contributed by atoms with Crippen LogP contribution in [0.4, 0.5) is 39.5 Å². The summed E-state index contributed by atoms with van der Waals surface area (Å²) in [6.07, 6.45) is -10.4. The quantitative estimate of drug-likeness (QED) is 0.156. The highest BCUT2D eigenvalue weighted by molar-refractivity contribution is 5.99. The fraction of sp³-hybridized carbons (Fsp3) is 0.0750. The molecular weight excluding hydrogens is 707 g/mol. The Labute approximate surface area is 293 Å². The van der Waals surface area contributed by atoms with Crippen LogP contribution in [0.15, 0.2) is 109 Å². The van der Waals surface area contributed by atoms with Crippen molar-refractivity contribution < 1.29 is 39.5 Å². The predicted octanol–water partition coefficient (Wildman–Crippen LogP) is 12.8. The van der Waals surface area contributed by atoms with E-state index >= 15 is 0 Å². The first-order valence-corrected chi connectivity index (χ1v) is 16.0. The second-order valence-corrected chi connectivity index (χ2v) is 12.4. The molecule has 5 heterocycles. The average Bonchev–Trinajstić information content (AvgIpc) is 3.94. The Morgan fingerprint density at radius 3 is 0.906 bits per heavy atom. The van der Waals surface area contributed by atoms with E-state index in [2.05, 4.69) is 15.0 Å². The smallest absolute Gasteiger partial charge is 0.354 e. The minimum atomic E-state index is -4.59. The third kappa shape index (κ3) is 6.32. The molecule has 1 aliphatic rings. The molecule has 0 unspecified atom stereocenters. The molecule has 0 saturated carbocycles. The number of hydrogen-bond acceptors (Lipinski definition) is 1. The first kappa shape index (κ1) is 33.9. The van der Waals surface area contributed by atoms with Crippen LogP contribution in [0.3, 0.4) is 0 Å². The molecule has 0 spiro atoms. The van der Waals surface area contributed by atoms with Crippen LogP contribution in [0.1, 0.15) is 28.1 Å². The van der Waals surface area contributed by atoms with Gasteiger partial charge in [0.1, 0.15) is 0 Å². The second-order valence-electron chi connectivity index (χ2n) is 12.4. The van der Waals surface area contributed by atoms with Gasteiger partial charge in [-0.2, -0.15) is 39.5 Å². The van der Waals surface area contributed by atoms with Crippen molar-refractivity contribution in [2.75, 3.05) is 0 Å². The Balaban J connectivity index is 1.47. The number of hydrogen-bond donors (Lipinski definition) is 3. The summed E-state index contributed by atoms with van der Waals surface area (Å²) in [4.78, 5) is 14.9. The van der Waals surface area contributed by atoms with Crippen molar-refractivity contribution in [1.82, 2.24) is 19.9 Å². The normalized spacial score (nSPS) is 12.9. The zero-order valence-corrected chi connectivity index (χ0v) is 26.9. The summed E-state index contributed by atoms with van der Waals surface area (Å²) >= 11 is 0. The van der Waals surface area contributed by atoms with Gasteiger partial charge in [-0.1, -0.05) is 36.4 Å². The van der Waals surface area contributed by atoms with Crippen molar-refractivity contribution >= 4 is 45.3 Å². The second kappa shape index (κ2) is 12.2. The van der Waals surface area contributed by atoms with E-state index < -0.39 is 35.2 Å². The Morgan fingerprint density at radius 2 is 0.585 bits per heavy atom. The monoisotopic (exact) mass is 730 g/mol. The largest absolute Gasteiger partial charge is 0.416 e. The number of halogens is 9. The fourth-order valence-electron chi connectivity index (χ4n) is 6.54. The molecule has 7 aromatic rings. The van der Waals surface area contributed by atoms with E-state index in [0.717, 1.165) is 36.4 Å². The highest BCUT2D eigenvalue weighted by atomic mass is 19.4. The van der Waals surface area contributed by atoms with E-state index in [1.165, 1.54) is 36.4 Å². The lowest BCUT2D eigenvalue weighted by atomic mass is 10.0. The SMILES string of the molecule is FC(F)(F)c1ccc(-c2c3nc(c(-c4ccc(C(F)(F)F)cc4)c4ccc([nH]4)c4ccc([nH]4)c(-c4ccc(C(F)(F)F)cc4)c4ccc2[nH]4)C=C3)cc1. The van der Waals surface area contributed by atoms with Gasteiger partial charge in [0.15, 0.2) is 0 Å². The van der Waals surface area contributed by atoms with Crippen LogP contribution < -0.4 is 0 Å². The van der Waals surface area contributed by atoms with Crippen molar-refractivity contribution in [2.24, 2.45) is 0 Å². The number of benzene rings is 3. The molecule has 8 bridgehead atoms. The molecule has 266 valence electrons. The zero-order chi connectivity index (χ0) is 37.3. The van der Waals surface area contributed by atoms with Gasteiger partial charge < -0.3 is 15.0 Å². The van der Waals surface area contributed by atoms with Crippen LogP contribution in [0.25, 0.3) is 78.6 Å². The predicted molar refractivity (Wildman–Crippen MR) is 186 cm³/mol. The summed E-state index contributed by atoms with van der Waals surface area (Å²) in [5, 5.41) is 0. The summed E-state index contributed by atoms with van der Waals surface area (Å²) in [6.45, 7) is 0. The summed E-state index contributed by atoms with van der Waals surface area (Å²) in [5.74, 6) is 0. The molecule has 8 rings (SSSR count). The number of alkyl halides is 9. The molecule has 0 atom stereocenters. The lowest BCUT2D eigenvalue weighted by Crippen LogP contribution is -2.04. The van der Waals surface area contributed by atoms with Gasteiger partial charge in [0.05, 0.1) is 39.1 Å². The minimum Gasteiger partial charge on any atom is -0.354 e. The number of rotatable bonds is 3. The van der Waals surface area contributed by atoms with Crippen LogP contribution >= 0.6 is 0 Å². The number of fused-ring (bicyclic) bond motifs is 9. The molecule has 4 nitrogen and oxygen atoms in total. The Kier molecular flexibility index (Phi) is 7.79. The molecule has 1 aliphatic heterocycles. The molecule has 53 heavy (non-hydrogen) atoms. The summed E-state index contributed by atoms with van der Waals surface area (Å²) < 4.78 is 122. The van der Waals surface area contributed by atoms with Crippen molar-refractivity contribution in [3.8, 4) is 33.4 Å². The molecule has 0 radical (unpaired) electrons. The molecule has 4 aromatic heterocycles. The molecule has 0 aliphatic carbocycles. The van der Waals surface area contributed by atoms with Gasteiger partial charge in [-0.25, -0.2) is 4.98 Å². The van der Waals surface area contributed by atoms with Crippen molar-refractivity contribution in [3.05, 3.63) is 137 Å². The van der Waals surface area contributed by atoms with Gasteiger partial charge in [0, 0.05) is 38.8 Å². The van der Waals surface area contributed by atoms with Crippen molar-refractivity contribution in [3.63, 3.8) is 0 Å². The standard InChI is InChI=1S/C40H23F9N4/c41-38(42,43)24-7-1-21(2-8-24)35-29-15-13-27(50-29)28-14-16-30(51-28)36(22-3-9-25(10-4-22)39(44,45)46)32-18-20-34(53-32)37(33-19-17-31(35)52-33)23-5-11-26(12-6-23)40(47,48)49/h1-20,50-52H. The molecule has 0 saturated heterocycles. The van der Waals surface area contributed by atoms with Crippen LogP contribution in [0, 0.1) is 0 Å². The molecule has 13 heteroatoms. The van der Waals surface area contributed by atoms with Gasteiger partial charge >= 0.3 is 18.5 Å². The van der Waals surface area contributed by atoms with Crippen LogP contribution in [0.2, 0.25) is 0 Å². The van der Waals surface area contributed by atoms with E-state index in [1.807, 2.05) is 0 Å². The Hall–Kier alpha value is -6.24. The van der Waals surface area contributed by atoms with E-state index in [1.54, 1.807) is 48.6 Å². The minimum absolute atomic E-state index is 0.344. The van der Waals surface area contributed by atoms with Gasteiger partial charge in [-0.15, -0.1) is 0 Å². The van der Waals surface area contributed by atoms with E-state index in [0.29, 0.717) is 77.9 Å². The Bertz CT molecular complexity index is 2650. The number of aromatic amines is 3. The number of aromatic nitrogens is 4. The van der Waals surface area contributed by atoms with Gasteiger partial charge in [0.2, 0.25) is 0 Å². The highest BCUT2D eigenvalue weighted by Crippen LogP contribution is 2.39. The van der Waals surface area contributed by atoms with Crippen LogP contribution in [-0.4, -0.2) is 19.9 Å². The zero-order valence-electron chi connectivity index (χ0n) is 26.9. The van der Waals surface area contributed by atoms with Crippen LogP contribution in [-0.2, 0) is 18.5 Å². The molecule has 3 aromatic carbocycles. The maximum absolute atomic E-state index is 13.6. The summed E-state index contributed by atoms with van der Waals surface area (Å²) in [6, 6.07) is 24.3. The van der Waals surface area contributed by atoms with Gasteiger partial charge in [-0.05, 0) is 102 Å². The lowest BCUT2D eigenvalue weighted by molar-refractivity contribution is -0.138. The topological polar surface area (TPSA) is 60.3 Å². The molecule has 0 fully saturated rings. The summed E-state index contributed by atoms with van der Waals surface area (Å²) in [7, 11) is 0. The van der Waals surface area contributed by atoms with Gasteiger partial charge in [0.25, 0.3) is 0 Å². The van der Waals surface area contributed by atoms with E-state index in [9.17, 15) is 39.5 Å². The highest BCUT2D eigenvalue weighted by Gasteiger charge is 2.32. The summed E-state index contributed by atoms with van der Waals surface area (Å²) in [5.41, 5.74) is 4.02.